The van der Waals surface area contributed by atoms with Crippen LogP contribution >= 0.6 is 0 Å². The molecule has 2 aromatic carbocycles. The number of carbonyl (C=O) groups is 1. The molecule has 9 heteroatoms. The van der Waals surface area contributed by atoms with Crippen molar-refractivity contribution in [1.82, 2.24) is 30.0 Å². The van der Waals surface area contributed by atoms with Crippen LogP contribution in [0.15, 0.2) is 67.1 Å². The van der Waals surface area contributed by atoms with E-state index >= 15 is 0 Å². The molecule has 0 spiro atoms. The number of anilines is 3. The van der Waals surface area contributed by atoms with E-state index in [4.69, 9.17) is 0 Å². The first kappa shape index (κ1) is 23.7. The largest absolute Gasteiger partial charge is 0.324 e. The lowest BCUT2D eigenvalue weighted by molar-refractivity contribution is 0.102. The van der Waals surface area contributed by atoms with Gasteiger partial charge in [-0.1, -0.05) is 12.1 Å². The van der Waals surface area contributed by atoms with E-state index in [0.717, 1.165) is 60.9 Å². The highest BCUT2D eigenvalue weighted by molar-refractivity contribution is 6.04. The fraction of sp³-hybridized carbons (Fsp3) is 0.259. The van der Waals surface area contributed by atoms with Gasteiger partial charge in [-0.3, -0.25) is 14.8 Å². The smallest absolute Gasteiger partial charge is 0.255 e. The fourth-order valence-corrected chi connectivity index (χ4v) is 4.17. The van der Waals surface area contributed by atoms with Gasteiger partial charge in [-0.25, -0.2) is 9.97 Å². The number of nitrogens with one attached hydrogen (secondary N) is 3. The Morgan fingerprint density at radius 2 is 1.86 bits per heavy atom. The predicted octanol–water partition coefficient (Wildman–Crippen LogP) is 3.92. The lowest BCUT2D eigenvalue weighted by atomic mass is 10.1. The highest BCUT2D eigenvalue weighted by Gasteiger charge is 2.15. The van der Waals surface area contributed by atoms with Crippen LogP contribution in [0.4, 0.5) is 17.3 Å². The van der Waals surface area contributed by atoms with Gasteiger partial charge in [0.05, 0.1) is 11.9 Å². The molecule has 5 rings (SSSR count). The second-order valence-electron chi connectivity index (χ2n) is 9.14. The average molecular weight is 483 g/mol. The van der Waals surface area contributed by atoms with Gasteiger partial charge in [0.1, 0.15) is 0 Å². The number of likely N-dealkylation sites (N-methyl/N-ethyl adjacent to an activating group) is 1. The number of benzene rings is 2. The highest BCUT2D eigenvalue weighted by Crippen LogP contribution is 2.21. The maximum atomic E-state index is 13.0. The first-order chi connectivity index (χ1) is 17.5. The minimum atomic E-state index is -0.139. The Balaban J connectivity index is 1.22. The van der Waals surface area contributed by atoms with E-state index in [0.29, 0.717) is 11.5 Å². The van der Waals surface area contributed by atoms with Gasteiger partial charge in [0.15, 0.2) is 0 Å². The van der Waals surface area contributed by atoms with E-state index in [1.165, 1.54) is 5.56 Å². The molecular weight excluding hydrogens is 452 g/mol. The van der Waals surface area contributed by atoms with Crippen molar-refractivity contribution in [2.75, 3.05) is 43.9 Å². The number of aromatic amines is 1. The van der Waals surface area contributed by atoms with Gasteiger partial charge >= 0.3 is 0 Å². The molecule has 0 bridgehead atoms. The van der Waals surface area contributed by atoms with Crippen molar-refractivity contribution in [3.8, 4) is 11.3 Å². The Hall–Kier alpha value is -4.08. The van der Waals surface area contributed by atoms with Crippen LogP contribution in [0.25, 0.3) is 11.3 Å². The summed E-state index contributed by atoms with van der Waals surface area (Å²) in [5, 5.41) is 13.0. The molecule has 0 atom stereocenters. The molecule has 0 radical (unpaired) electrons. The number of hydrogen-bond donors (Lipinski definition) is 3. The zero-order valence-electron chi connectivity index (χ0n) is 20.5. The van der Waals surface area contributed by atoms with Crippen LogP contribution in [0.1, 0.15) is 21.5 Å². The summed E-state index contributed by atoms with van der Waals surface area (Å²) in [5.41, 5.74) is 6.12. The number of piperazine rings is 1. The van der Waals surface area contributed by atoms with Crippen LogP contribution in [0.2, 0.25) is 0 Å². The molecule has 1 fully saturated rings. The van der Waals surface area contributed by atoms with Crippen molar-refractivity contribution < 1.29 is 4.79 Å². The topological polar surface area (TPSA) is 102 Å². The highest BCUT2D eigenvalue weighted by atomic mass is 16.1. The van der Waals surface area contributed by atoms with E-state index in [-0.39, 0.29) is 5.91 Å². The lowest BCUT2D eigenvalue weighted by Crippen LogP contribution is -2.43. The summed E-state index contributed by atoms with van der Waals surface area (Å²) in [5.74, 6) is 0.332. The molecule has 3 N–H and O–H groups in total. The third kappa shape index (κ3) is 5.76. The van der Waals surface area contributed by atoms with Gasteiger partial charge in [-0.05, 0) is 61.5 Å². The summed E-state index contributed by atoms with van der Waals surface area (Å²) < 4.78 is 0. The monoisotopic (exact) mass is 482 g/mol. The molecule has 4 aromatic rings. The Morgan fingerprint density at radius 1 is 1.06 bits per heavy atom. The van der Waals surface area contributed by atoms with E-state index in [9.17, 15) is 4.79 Å². The molecule has 0 saturated carbocycles. The number of H-pyrrole nitrogens is 1. The Kier molecular flexibility index (Phi) is 7.01. The van der Waals surface area contributed by atoms with Crippen molar-refractivity contribution in [3.05, 3.63) is 83.8 Å². The van der Waals surface area contributed by atoms with Gasteiger partial charge in [0, 0.05) is 67.6 Å². The molecule has 3 heterocycles. The minimum absolute atomic E-state index is 0.139. The van der Waals surface area contributed by atoms with E-state index in [2.05, 4.69) is 65.8 Å². The van der Waals surface area contributed by atoms with Crippen LogP contribution in [-0.4, -0.2) is 69.1 Å². The SMILES string of the molecule is Cc1ccc(CN2CCN(C)CC2)cc1NC(=O)c1ccc(Nc2nccc(-c3cn[nH]c3)n2)cc1. The molecule has 1 aliphatic heterocycles. The third-order valence-electron chi connectivity index (χ3n) is 6.41. The standard InChI is InChI=1S/C27H30N8O/c1-19-3-4-20(18-35-13-11-34(2)12-14-35)15-25(19)32-26(36)21-5-7-23(8-6-21)31-27-28-10-9-24(33-27)22-16-29-30-17-22/h3-10,15-17H,11-14,18H2,1-2H3,(H,29,30)(H,32,36)(H,28,31,33). The van der Waals surface area contributed by atoms with Crippen LogP contribution in [0.5, 0.6) is 0 Å². The number of rotatable bonds is 7. The summed E-state index contributed by atoms with van der Waals surface area (Å²) >= 11 is 0. The molecule has 0 aliphatic carbocycles. The average Bonchev–Trinajstić information content (AvgIpc) is 3.43. The number of carbonyl (C=O) groups excluding carboxylic acids is 1. The van der Waals surface area contributed by atoms with Crippen molar-refractivity contribution in [3.63, 3.8) is 0 Å². The maximum absolute atomic E-state index is 13.0. The number of aromatic nitrogens is 4. The summed E-state index contributed by atoms with van der Waals surface area (Å²) in [6.45, 7) is 7.20. The van der Waals surface area contributed by atoms with Crippen LogP contribution in [-0.2, 0) is 6.54 Å². The molecule has 0 unspecified atom stereocenters. The minimum Gasteiger partial charge on any atom is -0.324 e. The summed E-state index contributed by atoms with van der Waals surface area (Å²) in [4.78, 5) is 26.6. The van der Waals surface area contributed by atoms with Crippen molar-refractivity contribution >= 4 is 23.2 Å². The zero-order chi connectivity index (χ0) is 24.9. The lowest BCUT2D eigenvalue weighted by Gasteiger charge is -2.32. The number of hydrogen-bond acceptors (Lipinski definition) is 7. The van der Waals surface area contributed by atoms with Crippen molar-refractivity contribution in [1.29, 1.82) is 0 Å². The van der Waals surface area contributed by atoms with E-state index < -0.39 is 0 Å². The Morgan fingerprint density at radius 3 is 2.61 bits per heavy atom. The molecule has 1 amide bonds. The third-order valence-corrected chi connectivity index (χ3v) is 6.41. The predicted molar refractivity (Wildman–Crippen MR) is 141 cm³/mol. The fourth-order valence-electron chi connectivity index (χ4n) is 4.17. The van der Waals surface area contributed by atoms with Gasteiger partial charge in [0.2, 0.25) is 5.95 Å². The summed E-state index contributed by atoms with van der Waals surface area (Å²) in [7, 11) is 2.16. The molecule has 1 aliphatic rings. The molecular formula is C27H30N8O. The maximum Gasteiger partial charge on any atom is 0.255 e. The van der Waals surface area contributed by atoms with E-state index in [1.807, 2.05) is 25.1 Å². The molecule has 1 saturated heterocycles. The van der Waals surface area contributed by atoms with Crippen LogP contribution in [0.3, 0.4) is 0 Å². The number of aryl methyl sites for hydroxylation is 1. The van der Waals surface area contributed by atoms with Gasteiger partial charge < -0.3 is 15.5 Å². The number of amides is 1. The van der Waals surface area contributed by atoms with Crippen LogP contribution in [0, 0.1) is 6.92 Å². The summed E-state index contributed by atoms with van der Waals surface area (Å²) in [6, 6.07) is 15.4. The number of nitrogens with zero attached hydrogens (tertiary/aromatic N) is 5. The first-order valence-electron chi connectivity index (χ1n) is 12.0. The van der Waals surface area contributed by atoms with E-state index in [1.54, 1.807) is 30.7 Å². The van der Waals surface area contributed by atoms with Crippen LogP contribution < -0.4 is 10.6 Å². The second kappa shape index (κ2) is 10.7. The quantitative estimate of drug-likeness (QED) is 0.367. The first-order valence-corrected chi connectivity index (χ1v) is 12.0. The van der Waals surface area contributed by atoms with Gasteiger partial charge in [-0.15, -0.1) is 0 Å². The zero-order valence-corrected chi connectivity index (χ0v) is 20.5. The summed E-state index contributed by atoms with van der Waals surface area (Å²) in [6.07, 6.45) is 5.19. The van der Waals surface area contributed by atoms with Crippen molar-refractivity contribution in [2.24, 2.45) is 0 Å². The van der Waals surface area contributed by atoms with Gasteiger partial charge in [-0.2, -0.15) is 5.10 Å². The molecule has 2 aromatic heterocycles. The second-order valence-corrected chi connectivity index (χ2v) is 9.14. The normalized spacial score (nSPS) is 14.5. The molecule has 9 nitrogen and oxygen atoms in total. The molecule has 36 heavy (non-hydrogen) atoms. The van der Waals surface area contributed by atoms with Gasteiger partial charge in [0.25, 0.3) is 5.91 Å². The Labute approximate surface area is 210 Å². The van der Waals surface area contributed by atoms with Crippen molar-refractivity contribution in [2.45, 2.75) is 13.5 Å². The Bertz CT molecular complexity index is 1310. The molecule has 184 valence electrons.